The minimum absolute atomic E-state index is 0.00785. The third kappa shape index (κ3) is 4.81. The lowest BCUT2D eigenvalue weighted by molar-refractivity contribution is -0.154. The summed E-state index contributed by atoms with van der Waals surface area (Å²) in [5.74, 6) is 1.38. The maximum absolute atomic E-state index is 12.1. The number of nitrogens with zero attached hydrogens (tertiary/aromatic N) is 2. The summed E-state index contributed by atoms with van der Waals surface area (Å²) in [6, 6.07) is 3.28. The van der Waals surface area contributed by atoms with Crippen molar-refractivity contribution >= 4 is 0 Å². The van der Waals surface area contributed by atoms with Gasteiger partial charge in [0.15, 0.2) is 6.61 Å². The summed E-state index contributed by atoms with van der Waals surface area (Å²) in [7, 11) is 0. The summed E-state index contributed by atoms with van der Waals surface area (Å²) in [6.07, 6.45) is -0.397. The van der Waals surface area contributed by atoms with Crippen molar-refractivity contribution in [2.75, 3.05) is 32.9 Å². The van der Waals surface area contributed by atoms with Gasteiger partial charge in [0.2, 0.25) is 5.88 Å². The third-order valence-corrected chi connectivity index (χ3v) is 4.53. The Labute approximate surface area is 133 Å². The Morgan fingerprint density at radius 3 is 2.78 bits per heavy atom. The van der Waals surface area contributed by atoms with Crippen molar-refractivity contribution in [2.24, 2.45) is 11.8 Å². The van der Waals surface area contributed by atoms with Gasteiger partial charge in [-0.1, -0.05) is 6.07 Å². The molecule has 3 rings (SSSR count). The topological polar surface area (TPSA) is 34.6 Å². The first-order valence-electron chi connectivity index (χ1n) is 7.94. The predicted octanol–water partition coefficient (Wildman–Crippen LogP) is 2.88. The van der Waals surface area contributed by atoms with Gasteiger partial charge in [-0.3, -0.25) is 4.90 Å². The second-order valence-corrected chi connectivity index (χ2v) is 6.32. The van der Waals surface area contributed by atoms with Crippen molar-refractivity contribution in [3.05, 3.63) is 23.9 Å². The number of hydrogen-bond acceptors (Lipinski definition) is 4. The zero-order valence-electron chi connectivity index (χ0n) is 12.9. The molecule has 2 aliphatic rings. The van der Waals surface area contributed by atoms with Crippen LogP contribution in [0.1, 0.15) is 18.4 Å². The number of pyridine rings is 1. The van der Waals surface area contributed by atoms with Crippen LogP contribution in [-0.4, -0.2) is 49.0 Å². The fourth-order valence-corrected chi connectivity index (χ4v) is 3.32. The number of halogens is 3. The first kappa shape index (κ1) is 16.5. The molecule has 2 saturated heterocycles. The van der Waals surface area contributed by atoms with Crippen LogP contribution in [0, 0.1) is 11.8 Å². The minimum atomic E-state index is -4.34. The zero-order chi connectivity index (χ0) is 16.3. The van der Waals surface area contributed by atoms with E-state index in [0.717, 1.165) is 44.8 Å². The number of likely N-dealkylation sites (tertiary alicyclic amines) is 1. The molecule has 2 aliphatic heterocycles. The van der Waals surface area contributed by atoms with Crippen LogP contribution in [0.5, 0.6) is 5.88 Å². The van der Waals surface area contributed by atoms with E-state index in [0.29, 0.717) is 11.8 Å². The molecular weight excluding hydrogens is 309 g/mol. The minimum Gasteiger partial charge on any atom is -0.468 e. The summed E-state index contributed by atoms with van der Waals surface area (Å²) in [5, 5.41) is 0. The molecule has 2 unspecified atom stereocenters. The van der Waals surface area contributed by atoms with Crippen LogP contribution in [0.2, 0.25) is 0 Å². The van der Waals surface area contributed by atoms with Crippen molar-refractivity contribution < 1.29 is 22.6 Å². The van der Waals surface area contributed by atoms with Gasteiger partial charge in [0.1, 0.15) is 0 Å². The molecule has 0 spiro atoms. The highest BCUT2D eigenvalue weighted by atomic mass is 19.4. The SMILES string of the molecule is FC(F)(F)COc1ccc(CN2CCC(C3CCOC3)C2)cn1. The van der Waals surface area contributed by atoms with E-state index in [1.165, 1.54) is 12.5 Å². The smallest absolute Gasteiger partial charge is 0.422 e. The highest BCUT2D eigenvalue weighted by molar-refractivity contribution is 5.18. The Morgan fingerprint density at radius 2 is 2.13 bits per heavy atom. The van der Waals surface area contributed by atoms with E-state index in [2.05, 4.69) is 14.6 Å². The van der Waals surface area contributed by atoms with E-state index in [4.69, 9.17) is 4.74 Å². The van der Waals surface area contributed by atoms with Gasteiger partial charge in [-0.15, -0.1) is 0 Å². The van der Waals surface area contributed by atoms with Crippen LogP contribution in [0.4, 0.5) is 13.2 Å². The number of hydrogen-bond donors (Lipinski definition) is 0. The maximum Gasteiger partial charge on any atom is 0.422 e. The van der Waals surface area contributed by atoms with Crippen LogP contribution >= 0.6 is 0 Å². The third-order valence-electron chi connectivity index (χ3n) is 4.53. The second kappa shape index (κ2) is 7.05. The molecule has 0 radical (unpaired) electrons. The van der Waals surface area contributed by atoms with E-state index in [1.54, 1.807) is 12.3 Å². The lowest BCUT2D eigenvalue weighted by atomic mass is 9.91. The number of aromatic nitrogens is 1. The Kier molecular flexibility index (Phi) is 5.06. The predicted molar refractivity (Wildman–Crippen MR) is 78.1 cm³/mol. The van der Waals surface area contributed by atoms with Crippen LogP contribution in [0.25, 0.3) is 0 Å². The lowest BCUT2D eigenvalue weighted by Crippen LogP contribution is -2.23. The Hall–Kier alpha value is -1.34. The summed E-state index contributed by atoms with van der Waals surface area (Å²) in [6.45, 7) is 3.33. The molecule has 128 valence electrons. The summed E-state index contributed by atoms with van der Waals surface area (Å²) in [4.78, 5) is 6.32. The molecular formula is C16H21F3N2O2. The van der Waals surface area contributed by atoms with Crippen LogP contribution in [-0.2, 0) is 11.3 Å². The quantitative estimate of drug-likeness (QED) is 0.831. The number of ether oxygens (including phenoxy) is 2. The fraction of sp³-hybridized carbons (Fsp3) is 0.688. The van der Waals surface area contributed by atoms with Gasteiger partial charge < -0.3 is 9.47 Å². The molecule has 0 saturated carbocycles. The van der Waals surface area contributed by atoms with E-state index in [9.17, 15) is 13.2 Å². The molecule has 7 heteroatoms. The van der Waals surface area contributed by atoms with E-state index in [-0.39, 0.29) is 5.88 Å². The molecule has 2 fully saturated rings. The summed E-state index contributed by atoms with van der Waals surface area (Å²) in [5.41, 5.74) is 0.993. The molecule has 0 aliphatic carbocycles. The Bertz CT molecular complexity index is 501. The van der Waals surface area contributed by atoms with Crippen molar-refractivity contribution in [3.8, 4) is 5.88 Å². The molecule has 0 bridgehead atoms. The highest BCUT2D eigenvalue weighted by Gasteiger charge is 2.31. The van der Waals surface area contributed by atoms with E-state index < -0.39 is 12.8 Å². The molecule has 3 heterocycles. The molecule has 2 atom stereocenters. The average Bonchev–Trinajstić information content (AvgIpc) is 3.16. The lowest BCUT2D eigenvalue weighted by Gasteiger charge is -2.19. The van der Waals surface area contributed by atoms with Gasteiger partial charge in [-0.25, -0.2) is 4.98 Å². The second-order valence-electron chi connectivity index (χ2n) is 6.32. The van der Waals surface area contributed by atoms with E-state index in [1.807, 2.05) is 0 Å². The maximum atomic E-state index is 12.1. The molecule has 0 amide bonds. The fourth-order valence-electron chi connectivity index (χ4n) is 3.32. The van der Waals surface area contributed by atoms with Gasteiger partial charge in [0.05, 0.1) is 0 Å². The first-order chi connectivity index (χ1) is 11.0. The number of alkyl halides is 3. The molecule has 1 aromatic rings. The van der Waals surface area contributed by atoms with Gasteiger partial charge >= 0.3 is 6.18 Å². The Balaban J connectivity index is 1.47. The van der Waals surface area contributed by atoms with Crippen molar-refractivity contribution in [3.63, 3.8) is 0 Å². The highest BCUT2D eigenvalue weighted by Crippen LogP contribution is 2.30. The standard InChI is InChI=1S/C16H21F3N2O2/c17-16(18,19)11-23-15-2-1-12(7-20-15)8-21-5-3-13(9-21)14-4-6-22-10-14/h1-2,7,13-14H,3-6,8-11H2. The van der Waals surface area contributed by atoms with Gasteiger partial charge in [0, 0.05) is 38.6 Å². The molecule has 0 N–H and O–H groups in total. The molecule has 1 aromatic heterocycles. The normalized spacial score (nSPS) is 25.9. The monoisotopic (exact) mass is 330 g/mol. The summed E-state index contributed by atoms with van der Waals surface area (Å²) >= 11 is 0. The average molecular weight is 330 g/mol. The largest absolute Gasteiger partial charge is 0.468 e. The van der Waals surface area contributed by atoms with Gasteiger partial charge in [-0.2, -0.15) is 13.2 Å². The Morgan fingerprint density at radius 1 is 1.26 bits per heavy atom. The summed E-state index contributed by atoms with van der Waals surface area (Å²) < 4.78 is 46.3. The van der Waals surface area contributed by atoms with Crippen molar-refractivity contribution in [1.82, 2.24) is 9.88 Å². The van der Waals surface area contributed by atoms with E-state index >= 15 is 0 Å². The van der Waals surface area contributed by atoms with Crippen LogP contribution < -0.4 is 4.74 Å². The van der Waals surface area contributed by atoms with Gasteiger partial charge in [0.25, 0.3) is 0 Å². The molecule has 4 nitrogen and oxygen atoms in total. The first-order valence-corrected chi connectivity index (χ1v) is 7.94. The van der Waals surface area contributed by atoms with Crippen LogP contribution in [0.3, 0.4) is 0 Å². The van der Waals surface area contributed by atoms with Crippen molar-refractivity contribution in [2.45, 2.75) is 25.6 Å². The van der Waals surface area contributed by atoms with Gasteiger partial charge in [-0.05, 0) is 36.8 Å². The van der Waals surface area contributed by atoms with Crippen molar-refractivity contribution in [1.29, 1.82) is 0 Å². The molecule has 0 aromatic carbocycles. The number of rotatable bonds is 5. The van der Waals surface area contributed by atoms with Crippen LogP contribution in [0.15, 0.2) is 18.3 Å². The molecule has 23 heavy (non-hydrogen) atoms. The zero-order valence-corrected chi connectivity index (χ0v) is 12.9.